The molecule has 0 aliphatic carbocycles. The van der Waals surface area contributed by atoms with Crippen LogP contribution in [0.25, 0.3) is 16.5 Å². The van der Waals surface area contributed by atoms with Gasteiger partial charge in [-0.15, -0.1) is 0 Å². The van der Waals surface area contributed by atoms with Gasteiger partial charge in [0.2, 0.25) is 0 Å². The zero-order chi connectivity index (χ0) is 18.3. The maximum absolute atomic E-state index is 11.9. The number of anilines is 1. The van der Waals surface area contributed by atoms with E-state index in [9.17, 15) is 9.59 Å². The number of esters is 1. The Balaban J connectivity index is 3.14. The Kier molecular flexibility index (Phi) is 6.38. The van der Waals surface area contributed by atoms with Gasteiger partial charge >= 0.3 is 12.1 Å². The fraction of sp³-hybridized carbons (Fsp3) is 0.375. The fourth-order valence-corrected chi connectivity index (χ4v) is 1.79. The summed E-state index contributed by atoms with van der Waals surface area (Å²) in [6, 6.07) is 5.10. The van der Waals surface area contributed by atoms with Crippen molar-refractivity contribution in [2.45, 2.75) is 33.3 Å². The molecule has 1 aromatic carbocycles. The highest BCUT2D eigenvalue weighted by molar-refractivity contribution is 5.94. The Labute approximate surface area is 140 Å². The quantitative estimate of drug-likeness (QED) is 0.293. The minimum atomic E-state index is -0.752. The molecule has 0 aromatic heterocycles. The third kappa shape index (κ3) is 5.66. The first-order chi connectivity index (χ1) is 11.2. The van der Waals surface area contributed by atoms with Crippen molar-refractivity contribution in [2.24, 2.45) is 5.11 Å². The number of hydrogen-bond acceptors (Lipinski definition) is 5. The van der Waals surface area contributed by atoms with Crippen LogP contribution in [0.3, 0.4) is 0 Å². The van der Waals surface area contributed by atoms with Crippen LogP contribution in [0.1, 0.15) is 31.9 Å². The van der Waals surface area contributed by atoms with Crippen molar-refractivity contribution in [3.63, 3.8) is 0 Å². The van der Waals surface area contributed by atoms with E-state index >= 15 is 0 Å². The number of hydrogen-bond donors (Lipinski definition) is 1. The smallest absolute Gasteiger partial charge is 0.412 e. The van der Waals surface area contributed by atoms with E-state index in [1.165, 1.54) is 13.2 Å². The van der Waals surface area contributed by atoms with Gasteiger partial charge in [0.15, 0.2) is 0 Å². The second kappa shape index (κ2) is 8.03. The molecule has 1 aromatic rings. The average Bonchev–Trinajstić information content (AvgIpc) is 2.48. The highest BCUT2D eigenvalue weighted by atomic mass is 16.6. The van der Waals surface area contributed by atoms with Gasteiger partial charge in [0, 0.05) is 10.6 Å². The number of azide groups is 1. The Morgan fingerprint density at radius 2 is 2.00 bits per heavy atom. The molecule has 0 radical (unpaired) electrons. The maximum Gasteiger partial charge on any atom is 0.412 e. The van der Waals surface area contributed by atoms with Crippen molar-refractivity contribution in [1.82, 2.24) is 0 Å². The van der Waals surface area contributed by atoms with E-state index in [2.05, 4.69) is 20.1 Å². The zero-order valence-electron chi connectivity index (χ0n) is 14.3. The minimum absolute atomic E-state index is 0.183. The first-order valence-electron chi connectivity index (χ1n) is 7.12. The predicted molar refractivity (Wildman–Crippen MR) is 90.2 cm³/mol. The summed E-state index contributed by atoms with van der Waals surface area (Å²) in [5.41, 5.74) is 9.54. The minimum Gasteiger partial charge on any atom is -0.466 e. The van der Waals surface area contributed by atoms with E-state index in [1.54, 1.807) is 45.9 Å². The van der Waals surface area contributed by atoms with Crippen molar-refractivity contribution in [3.8, 4) is 0 Å². The van der Waals surface area contributed by atoms with E-state index in [-0.39, 0.29) is 5.70 Å². The van der Waals surface area contributed by atoms with E-state index in [0.717, 1.165) is 0 Å². The molecule has 0 heterocycles. The highest BCUT2D eigenvalue weighted by Crippen LogP contribution is 2.22. The third-order valence-corrected chi connectivity index (χ3v) is 2.85. The van der Waals surface area contributed by atoms with Crippen molar-refractivity contribution >= 4 is 23.8 Å². The van der Waals surface area contributed by atoms with Crippen molar-refractivity contribution < 1.29 is 19.1 Å². The standard InChI is InChI=1S/C16H20N4O4/c1-10-11(9-13(19-20-17)14(21)23-5)7-6-8-12(10)18-15(22)24-16(2,3)4/h6-9H,1-5H3,(H,18,22)/b13-9-. The van der Waals surface area contributed by atoms with Gasteiger partial charge in [-0.2, -0.15) is 0 Å². The van der Waals surface area contributed by atoms with Crippen molar-refractivity contribution in [3.05, 3.63) is 45.5 Å². The van der Waals surface area contributed by atoms with Gasteiger partial charge in [-0.3, -0.25) is 5.32 Å². The monoisotopic (exact) mass is 332 g/mol. The molecule has 0 aliphatic rings. The number of rotatable bonds is 4. The van der Waals surface area contributed by atoms with Crippen molar-refractivity contribution in [1.29, 1.82) is 0 Å². The summed E-state index contributed by atoms with van der Waals surface area (Å²) < 4.78 is 9.77. The highest BCUT2D eigenvalue weighted by Gasteiger charge is 2.17. The number of amides is 1. The molecule has 1 amide bonds. The number of methoxy groups -OCH3 is 1. The number of ether oxygens (including phenoxy) is 2. The summed E-state index contributed by atoms with van der Waals surface area (Å²) in [6.45, 7) is 7.05. The lowest BCUT2D eigenvalue weighted by Crippen LogP contribution is -2.27. The Bertz CT molecular complexity index is 713. The molecule has 0 aliphatic heterocycles. The summed E-state index contributed by atoms with van der Waals surface area (Å²) in [5.74, 6) is -0.752. The number of benzene rings is 1. The van der Waals surface area contributed by atoms with Gasteiger partial charge in [0.1, 0.15) is 11.3 Å². The Morgan fingerprint density at radius 1 is 1.33 bits per heavy atom. The van der Waals surface area contributed by atoms with Gasteiger partial charge < -0.3 is 9.47 Å². The summed E-state index contributed by atoms with van der Waals surface area (Å²) >= 11 is 0. The molecular formula is C16H20N4O4. The van der Waals surface area contributed by atoms with Gasteiger partial charge in [-0.1, -0.05) is 17.2 Å². The maximum atomic E-state index is 11.9. The second-order valence-electron chi connectivity index (χ2n) is 5.86. The van der Waals surface area contributed by atoms with Crippen LogP contribution in [-0.4, -0.2) is 24.8 Å². The van der Waals surface area contributed by atoms with Crippen LogP contribution >= 0.6 is 0 Å². The van der Waals surface area contributed by atoms with Crippen LogP contribution in [0.5, 0.6) is 0 Å². The molecule has 1 N–H and O–H groups in total. The van der Waals surface area contributed by atoms with Crippen molar-refractivity contribution in [2.75, 3.05) is 12.4 Å². The fourth-order valence-electron chi connectivity index (χ4n) is 1.79. The summed E-state index contributed by atoms with van der Waals surface area (Å²) in [4.78, 5) is 26.1. The zero-order valence-corrected chi connectivity index (χ0v) is 14.3. The molecule has 0 atom stereocenters. The van der Waals surface area contributed by atoms with Crippen LogP contribution in [-0.2, 0) is 14.3 Å². The number of nitrogens with zero attached hydrogens (tertiary/aromatic N) is 3. The molecule has 0 fully saturated rings. The Morgan fingerprint density at radius 3 is 2.54 bits per heavy atom. The molecule has 1 rings (SSSR count). The van der Waals surface area contributed by atoms with E-state index in [1.807, 2.05) is 0 Å². The summed E-state index contributed by atoms with van der Waals surface area (Å²) in [7, 11) is 1.19. The topological polar surface area (TPSA) is 113 Å². The van der Waals surface area contributed by atoms with E-state index in [0.29, 0.717) is 16.8 Å². The van der Waals surface area contributed by atoms with Crippen LogP contribution in [0.15, 0.2) is 29.0 Å². The molecule has 0 bridgehead atoms. The van der Waals surface area contributed by atoms with E-state index in [4.69, 9.17) is 10.3 Å². The SMILES string of the molecule is COC(=O)/C(=C/c1cccc(NC(=O)OC(C)(C)C)c1C)N=[N+]=[N-]. The first-order valence-corrected chi connectivity index (χ1v) is 7.12. The number of carbonyl (C=O) groups is 2. The summed E-state index contributed by atoms with van der Waals surface area (Å²) in [5, 5.41) is 5.97. The van der Waals surface area contributed by atoms with Gasteiger partial charge in [-0.05, 0) is 56.5 Å². The van der Waals surface area contributed by atoms with Gasteiger partial charge in [0.05, 0.1) is 7.11 Å². The summed E-state index contributed by atoms with van der Waals surface area (Å²) in [6.07, 6.45) is 0.802. The normalized spacial score (nSPS) is 11.3. The average molecular weight is 332 g/mol. The molecular weight excluding hydrogens is 312 g/mol. The molecule has 8 nitrogen and oxygen atoms in total. The van der Waals surface area contributed by atoms with Gasteiger partial charge in [0.25, 0.3) is 0 Å². The molecule has 0 spiro atoms. The van der Waals surface area contributed by atoms with Crippen LogP contribution < -0.4 is 5.32 Å². The largest absolute Gasteiger partial charge is 0.466 e. The third-order valence-electron chi connectivity index (χ3n) is 2.85. The number of carbonyl (C=O) groups excluding carboxylic acids is 2. The molecule has 24 heavy (non-hydrogen) atoms. The van der Waals surface area contributed by atoms with Gasteiger partial charge in [-0.25, -0.2) is 9.59 Å². The molecule has 8 heteroatoms. The number of nitrogens with one attached hydrogen (secondary N) is 1. The molecule has 0 unspecified atom stereocenters. The lowest BCUT2D eigenvalue weighted by Gasteiger charge is -2.20. The Hall–Kier alpha value is -2.99. The van der Waals surface area contributed by atoms with E-state index < -0.39 is 17.7 Å². The lowest BCUT2D eigenvalue weighted by atomic mass is 10.1. The van der Waals surface area contributed by atoms with Crippen LogP contribution in [0, 0.1) is 6.92 Å². The predicted octanol–water partition coefficient (Wildman–Crippen LogP) is 4.17. The molecule has 128 valence electrons. The van der Waals surface area contributed by atoms with Crippen LogP contribution in [0.2, 0.25) is 0 Å². The molecule has 0 saturated carbocycles. The second-order valence-corrected chi connectivity index (χ2v) is 5.86. The first kappa shape index (κ1) is 19.1. The van der Waals surface area contributed by atoms with Crippen LogP contribution in [0.4, 0.5) is 10.5 Å². The molecule has 0 saturated heterocycles. The lowest BCUT2D eigenvalue weighted by molar-refractivity contribution is -0.136.